The van der Waals surface area contributed by atoms with E-state index in [2.05, 4.69) is 10.6 Å². The van der Waals surface area contributed by atoms with Crippen molar-refractivity contribution in [3.63, 3.8) is 0 Å². The zero-order valence-corrected chi connectivity index (χ0v) is 33.2. The molecule has 0 aromatic rings. The van der Waals surface area contributed by atoms with E-state index in [1.165, 1.54) is 0 Å². The third kappa shape index (κ3) is 10.8. The second kappa shape index (κ2) is 22.0. The summed E-state index contributed by atoms with van der Waals surface area (Å²) in [5.74, 6) is -1.47. The van der Waals surface area contributed by atoms with Crippen LogP contribution in [-0.4, -0.2) is 275 Å². The lowest BCUT2D eigenvalue weighted by Crippen LogP contribution is -2.70. The van der Waals surface area contributed by atoms with E-state index in [4.69, 9.17) is 42.6 Å². The van der Waals surface area contributed by atoms with E-state index in [9.17, 15) is 86.2 Å². The second-order valence-electron chi connectivity index (χ2n) is 15.4. The van der Waals surface area contributed by atoms with E-state index in [0.29, 0.717) is 0 Å². The number of nitrogens with one attached hydrogen (secondary N) is 2. The molecule has 5 fully saturated rings. The molecule has 0 saturated carbocycles. The molecule has 25 atom stereocenters. The lowest BCUT2D eigenvalue weighted by molar-refractivity contribution is -0.389. The molecule has 28 nitrogen and oxygen atoms in total. The number of aliphatic hydroxyl groups excluding tert-OH is 15. The Kier molecular flexibility index (Phi) is 18.1. The van der Waals surface area contributed by atoms with Crippen molar-refractivity contribution >= 4 is 11.8 Å². The Bertz CT molecular complexity index is 1440. The molecule has 0 radical (unpaired) electrons. The summed E-state index contributed by atoms with van der Waals surface area (Å²) in [4.78, 5) is 24.1. The Labute approximate surface area is 351 Å². The fourth-order valence-electron chi connectivity index (χ4n) is 7.83. The Morgan fingerprint density at radius 2 is 0.726 bits per heavy atom. The Hall–Kier alpha value is -2.02. The molecular weight excluding hydrogens is 852 g/mol. The Morgan fingerprint density at radius 1 is 0.387 bits per heavy atom. The molecule has 0 aromatic heterocycles. The maximum atomic E-state index is 12.4. The zero-order chi connectivity index (χ0) is 45.9. The van der Waals surface area contributed by atoms with Gasteiger partial charge in [-0.1, -0.05) is 0 Å². The highest BCUT2D eigenvalue weighted by atomic mass is 16.8. The van der Waals surface area contributed by atoms with Gasteiger partial charge in [-0.05, 0) is 0 Å². The van der Waals surface area contributed by atoms with Gasteiger partial charge in [-0.3, -0.25) is 9.59 Å². The summed E-state index contributed by atoms with van der Waals surface area (Å²) in [6, 6.07) is -3.15. The van der Waals surface area contributed by atoms with Crippen LogP contribution in [0.1, 0.15) is 13.8 Å². The van der Waals surface area contributed by atoms with Gasteiger partial charge in [-0.15, -0.1) is 0 Å². The van der Waals surface area contributed by atoms with E-state index in [1.54, 1.807) is 0 Å². The van der Waals surface area contributed by atoms with Gasteiger partial charge in [0.05, 0.1) is 33.0 Å². The highest BCUT2D eigenvalue weighted by molar-refractivity contribution is 5.73. The summed E-state index contributed by atoms with van der Waals surface area (Å²) in [5, 5.41) is 163. The van der Waals surface area contributed by atoms with Crippen molar-refractivity contribution in [2.75, 3.05) is 33.0 Å². The Morgan fingerprint density at radius 3 is 1.16 bits per heavy atom. The molecule has 0 unspecified atom stereocenters. The predicted molar refractivity (Wildman–Crippen MR) is 190 cm³/mol. The molecule has 0 bridgehead atoms. The minimum Gasteiger partial charge on any atom is -0.394 e. The SMILES string of the molecule is CC(=O)N[C@@H]1[C@@H](O)[C@H](O[C@@H]2O[C@H](CO)[C@@H](O[C@H]3O[C@H](CO)[C@@H](O)[C@H](O[C@@H]4O[C@H](CO)[C@@H](O)[C@H](O[C@H]5O[C@H](CO)[C@@H](O)[C@H](O)[C@@H]5O)[C@@H]4O)[C@@H]3O)[C@H](O)[C@H]2NC(C)=O)[C@@H](CO)O[C@H]1O. The Balaban J connectivity index is 1.35. The molecule has 5 aliphatic rings. The van der Waals surface area contributed by atoms with Crippen molar-refractivity contribution in [1.29, 1.82) is 0 Å². The van der Waals surface area contributed by atoms with Crippen LogP contribution >= 0.6 is 0 Å². The van der Waals surface area contributed by atoms with Crippen LogP contribution in [0.4, 0.5) is 0 Å². The maximum absolute atomic E-state index is 12.4. The van der Waals surface area contributed by atoms with Crippen molar-refractivity contribution < 1.29 is 129 Å². The lowest BCUT2D eigenvalue weighted by Gasteiger charge is -2.50. The van der Waals surface area contributed by atoms with E-state index in [0.717, 1.165) is 13.8 Å². The number of carbonyl (C=O) groups is 2. The van der Waals surface area contributed by atoms with E-state index in [1.807, 2.05) is 0 Å². The quantitative estimate of drug-likeness (QED) is 0.0725. The minimum absolute atomic E-state index is 0.685. The summed E-state index contributed by atoms with van der Waals surface area (Å²) in [6.07, 6.45) is -42.4. The first-order valence-corrected chi connectivity index (χ1v) is 19.6. The van der Waals surface area contributed by atoms with Gasteiger partial charge in [0.1, 0.15) is 122 Å². The number of aliphatic hydroxyl groups is 15. The molecule has 0 aromatic carbocycles. The molecule has 0 spiro atoms. The van der Waals surface area contributed by atoms with Crippen molar-refractivity contribution in [1.82, 2.24) is 10.6 Å². The monoisotopic (exact) mass is 910 g/mol. The van der Waals surface area contributed by atoms with Gasteiger partial charge >= 0.3 is 0 Å². The van der Waals surface area contributed by atoms with Crippen LogP contribution in [0.2, 0.25) is 0 Å². The third-order valence-electron chi connectivity index (χ3n) is 11.1. The fraction of sp³-hybridized carbons (Fsp3) is 0.941. The number of amides is 2. The van der Waals surface area contributed by atoms with Gasteiger partial charge in [0.2, 0.25) is 11.8 Å². The number of ether oxygens (including phenoxy) is 9. The molecule has 360 valence electrons. The first-order chi connectivity index (χ1) is 29.3. The molecule has 28 heteroatoms. The summed E-state index contributed by atoms with van der Waals surface area (Å²) in [7, 11) is 0. The van der Waals surface area contributed by atoms with Crippen molar-refractivity contribution in [2.24, 2.45) is 0 Å². The molecule has 5 aliphatic heterocycles. The largest absolute Gasteiger partial charge is 0.394 e. The van der Waals surface area contributed by atoms with Gasteiger partial charge in [0.25, 0.3) is 0 Å². The number of rotatable bonds is 15. The molecule has 0 aliphatic carbocycles. The number of carbonyl (C=O) groups excluding carboxylic acids is 2. The van der Waals surface area contributed by atoms with Gasteiger partial charge in [0, 0.05) is 13.8 Å². The summed E-state index contributed by atoms with van der Waals surface area (Å²) >= 11 is 0. The van der Waals surface area contributed by atoms with E-state index < -0.39 is 198 Å². The lowest BCUT2D eigenvalue weighted by atomic mass is 9.94. The topological polar surface area (TPSA) is 445 Å². The average molecular weight is 911 g/mol. The predicted octanol–water partition coefficient (Wildman–Crippen LogP) is -11.6. The van der Waals surface area contributed by atoms with Crippen LogP contribution in [0.25, 0.3) is 0 Å². The standard InChI is InChI=1S/C34H58N2O26/c1-8(42)35-15-20(47)26(13(6-40)54-30(15)53)59-31-16(36-9(2)43)21(48)27(14(7-41)58-31)60-33-24(51)29(19(46)11(4-38)56-33)62-34-25(52)28(18(45)12(5-39)57-34)61-32-23(50)22(49)17(44)10(3-37)55-32/h10-34,37-41,44-53H,3-7H2,1-2H3,(H,35,42)(H,36,43)/t10-,11-,12-,13-,14-,15-,16-,17-,18-,19-,20-,21-,22+,23+,24+,25+,26-,27-,28+,29+,30-,31+,32-,33-,34+/m1/s1. The van der Waals surface area contributed by atoms with Crippen LogP contribution in [0.15, 0.2) is 0 Å². The van der Waals surface area contributed by atoms with Crippen molar-refractivity contribution in [3.8, 4) is 0 Å². The molecule has 2 amide bonds. The van der Waals surface area contributed by atoms with Gasteiger partial charge in [-0.25, -0.2) is 0 Å². The summed E-state index contributed by atoms with van der Waals surface area (Å²) < 4.78 is 50.6. The van der Waals surface area contributed by atoms with Gasteiger partial charge < -0.3 is 130 Å². The number of hydrogen-bond donors (Lipinski definition) is 17. The molecule has 5 saturated heterocycles. The van der Waals surface area contributed by atoms with Crippen molar-refractivity contribution in [2.45, 2.75) is 167 Å². The molecule has 17 N–H and O–H groups in total. The van der Waals surface area contributed by atoms with Crippen LogP contribution < -0.4 is 10.6 Å². The summed E-state index contributed by atoms with van der Waals surface area (Å²) in [5.41, 5.74) is 0. The average Bonchev–Trinajstić information content (AvgIpc) is 3.23. The van der Waals surface area contributed by atoms with Crippen LogP contribution in [0.3, 0.4) is 0 Å². The molecule has 62 heavy (non-hydrogen) atoms. The molecule has 5 heterocycles. The van der Waals surface area contributed by atoms with Gasteiger partial charge in [0.15, 0.2) is 31.5 Å². The molecular formula is C34H58N2O26. The third-order valence-corrected chi connectivity index (χ3v) is 11.1. The second-order valence-corrected chi connectivity index (χ2v) is 15.4. The van der Waals surface area contributed by atoms with Crippen LogP contribution in [-0.2, 0) is 52.2 Å². The van der Waals surface area contributed by atoms with Crippen LogP contribution in [0.5, 0.6) is 0 Å². The van der Waals surface area contributed by atoms with E-state index in [-0.39, 0.29) is 0 Å². The normalized spacial score (nSPS) is 49.0. The fourth-order valence-corrected chi connectivity index (χ4v) is 7.83. The van der Waals surface area contributed by atoms with Crippen LogP contribution in [0, 0.1) is 0 Å². The van der Waals surface area contributed by atoms with E-state index >= 15 is 0 Å². The minimum atomic E-state index is -2.16. The zero-order valence-electron chi connectivity index (χ0n) is 33.2. The smallest absolute Gasteiger partial charge is 0.217 e. The highest BCUT2D eigenvalue weighted by Gasteiger charge is 2.57. The van der Waals surface area contributed by atoms with Crippen molar-refractivity contribution in [3.05, 3.63) is 0 Å². The highest BCUT2D eigenvalue weighted by Crippen LogP contribution is 2.35. The summed E-state index contributed by atoms with van der Waals surface area (Å²) in [6.45, 7) is -2.49. The molecule has 5 rings (SSSR count). The first kappa shape index (κ1) is 51.0. The first-order valence-electron chi connectivity index (χ1n) is 19.6. The number of hydrogen-bond acceptors (Lipinski definition) is 26. The maximum Gasteiger partial charge on any atom is 0.217 e. The van der Waals surface area contributed by atoms with Gasteiger partial charge in [-0.2, -0.15) is 0 Å².